The Bertz CT molecular complexity index is 95.5. The first kappa shape index (κ1) is 11.6. The Morgan fingerprint density at radius 2 is 2.00 bits per heavy atom. The maximum atomic E-state index is 9.52. The molecule has 0 unspecified atom stereocenters. The molecule has 6 heteroatoms. The number of hydrogen-bond donors (Lipinski definition) is 2. The van der Waals surface area contributed by atoms with Crippen LogP contribution in [0.15, 0.2) is 0 Å². The zero-order chi connectivity index (χ0) is 5.70. The van der Waals surface area contributed by atoms with Gasteiger partial charge in [0.05, 0.1) is 6.61 Å². The van der Waals surface area contributed by atoms with Crippen molar-refractivity contribution in [3.63, 3.8) is 0 Å². The van der Waals surface area contributed by atoms with E-state index in [-0.39, 0.29) is 42.7 Å². The van der Waals surface area contributed by atoms with E-state index >= 15 is 0 Å². The van der Waals surface area contributed by atoms with Gasteiger partial charge in [0.15, 0.2) is 0 Å². The van der Waals surface area contributed by atoms with Gasteiger partial charge in [0, 0.05) is 6.54 Å². The summed E-state index contributed by atoms with van der Waals surface area (Å²) in [6.07, 6.45) is 0. The minimum absolute atomic E-state index is 0. The third-order valence-corrected chi connectivity index (χ3v) is 0.708. The molecule has 0 saturated carbocycles. The molecule has 0 aromatic carbocycles. The number of nitrogens with two attached hydrogens (primary N) is 1. The molecule has 0 aromatic heterocycles. The third kappa shape index (κ3) is 9.98. The van der Waals surface area contributed by atoms with Crippen LogP contribution in [0.2, 0.25) is 0 Å². The molecule has 0 atom stereocenters. The second-order valence-corrected chi connectivity index (χ2v) is 1.55. The van der Waals surface area contributed by atoms with Crippen LogP contribution in [0.25, 0.3) is 0 Å². The van der Waals surface area contributed by atoms with E-state index in [1.807, 2.05) is 0 Å². The fourth-order valence-electron chi connectivity index (χ4n) is 0.127. The fourth-order valence-corrected chi connectivity index (χ4v) is 0.382. The molecule has 0 rings (SSSR count). The molecule has 0 bridgehead atoms. The molecule has 0 fully saturated rings. The van der Waals surface area contributed by atoms with E-state index in [1.165, 1.54) is 0 Å². The zero-order valence-corrected chi connectivity index (χ0v) is 4.56. The Morgan fingerprint density at radius 3 is 2.12 bits per heavy atom. The fraction of sp³-hybridized carbons (Fsp3) is 1.00. The SMILES string of the molecule is NCCO[SH](=O)=O.[NaH]. The van der Waals surface area contributed by atoms with Crippen LogP contribution >= 0.6 is 0 Å². The first-order valence-corrected chi connectivity index (χ1v) is 2.84. The summed E-state index contributed by atoms with van der Waals surface area (Å²) in [7, 11) is -2.69. The van der Waals surface area contributed by atoms with Gasteiger partial charge in [-0.1, -0.05) is 0 Å². The maximum absolute atomic E-state index is 9.52. The van der Waals surface area contributed by atoms with Crippen molar-refractivity contribution in [3.8, 4) is 0 Å². The predicted molar refractivity (Wildman–Crippen MR) is 32.5 cm³/mol. The van der Waals surface area contributed by atoms with Crippen LogP contribution in [0.1, 0.15) is 0 Å². The number of rotatable bonds is 3. The van der Waals surface area contributed by atoms with Gasteiger partial charge in [0.1, 0.15) is 0 Å². The van der Waals surface area contributed by atoms with E-state index in [4.69, 9.17) is 5.73 Å². The van der Waals surface area contributed by atoms with Gasteiger partial charge in [-0.25, -0.2) is 8.42 Å². The van der Waals surface area contributed by atoms with Crippen molar-refractivity contribution < 1.29 is 12.6 Å². The molecule has 46 valence electrons. The van der Waals surface area contributed by atoms with Gasteiger partial charge in [-0.3, -0.25) is 4.18 Å². The van der Waals surface area contributed by atoms with Crippen LogP contribution in [0.3, 0.4) is 0 Å². The summed E-state index contributed by atoms with van der Waals surface area (Å²) >= 11 is 0. The summed E-state index contributed by atoms with van der Waals surface area (Å²) in [6, 6.07) is 0. The standard InChI is InChI=1S/C2H7NO3S.Na.H/c3-1-2-6-7(4)5;;/h7H,1-3H2;;. The third-order valence-electron chi connectivity index (χ3n) is 0.315. The molecular formula is C2H8NNaO3S. The van der Waals surface area contributed by atoms with Crippen LogP contribution in [-0.4, -0.2) is 51.1 Å². The number of thiol groups is 1. The molecule has 0 aromatic rings. The minimum atomic E-state index is -2.69. The predicted octanol–water partition coefficient (Wildman–Crippen LogP) is -2.16. The molecule has 8 heavy (non-hydrogen) atoms. The summed E-state index contributed by atoms with van der Waals surface area (Å²) in [4.78, 5) is 0. The quantitative estimate of drug-likeness (QED) is 0.354. The van der Waals surface area contributed by atoms with Gasteiger partial charge in [-0.2, -0.15) is 0 Å². The van der Waals surface area contributed by atoms with Crippen molar-refractivity contribution in [1.82, 2.24) is 0 Å². The van der Waals surface area contributed by atoms with E-state index in [0.29, 0.717) is 0 Å². The van der Waals surface area contributed by atoms with Crippen molar-refractivity contribution in [3.05, 3.63) is 0 Å². The van der Waals surface area contributed by atoms with Crippen LogP contribution in [0.4, 0.5) is 0 Å². The Balaban J connectivity index is 0. The number of hydrogen-bond acceptors (Lipinski definition) is 4. The molecule has 0 heterocycles. The second kappa shape index (κ2) is 7.87. The van der Waals surface area contributed by atoms with Crippen molar-refractivity contribution in [2.45, 2.75) is 0 Å². The molecule has 0 aliphatic heterocycles. The van der Waals surface area contributed by atoms with Gasteiger partial charge in [0.2, 0.25) is 0 Å². The van der Waals surface area contributed by atoms with E-state index in [2.05, 4.69) is 4.18 Å². The van der Waals surface area contributed by atoms with Gasteiger partial charge < -0.3 is 5.73 Å². The van der Waals surface area contributed by atoms with Gasteiger partial charge in [-0.05, 0) is 0 Å². The molecule has 0 spiro atoms. The molecule has 0 saturated heterocycles. The van der Waals surface area contributed by atoms with Gasteiger partial charge in [0.25, 0.3) is 11.0 Å². The first-order chi connectivity index (χ1) is 3.27. The van der Waals surface area contributed by atoms with Crippen molar-refractivity contribution >= 4 is 40.5 Å². The summed E-state index contributed by atoms with van der Waals surface area (Å²) in [6.45, 7) is 0.321. The van der Waals surface area contributed by atoms with E-state index in [9.17, 15) is 8.42 Å². The van der Waals surface area contributed by atoms with E-state index in [0.717, 1.165) is 0 Å². The van der Waals surface area contributed by atoms with Crippen molar-refractivity contribution in [1.29, 1.82) is 0 Å². The molecule has 0 radical (unpaired) electrons. The average Bonchev–Trinajstić information content (AvgIpc) is 1.61. The summed E-state index contributed by atoms with van der Waals surface area (Å²) < 4.78 is 23.1. The van der Waals surface area contributed by atoms with Gasteiger partial charge in [-0.15, -0.1) is 0 Å². The zero-order valence-electron chi connectivity index (χ0n) is 3.66. The van der Waals surface area contributed by atoms with Crippen LogP contribution < -0.4 is 5.73 Å². The van der Waals surface area contributed by atoms with Crippen LogP contribution in [0.5, 0.6) is 0 Å². The molecule has 0 aliphatic rings. The van der Waals surface area contributed by atoms with E-state index < -0.39 is 11.0 Å². The Morgan fingerprint density at radius 1 is 1.50 bits per heavy atom. The molecule has 0 aliphatic carbocycles. The molecule has 2 N–H and O–H groups in total. The Hall–Kier alpha value is 0.870. The molecule has 0 amide bonds. The molecule has 4 nitrogen and oxygen atoms in total. The topological polar surface area (TPSA) is 69.4 Å². The van der Waals surface area contributed by atoms with Gasteiger partial charge >= 0.3 is 29.6 Å². The Labute approximate surface area is 71.8 Å². The summed E-state index contributed by atoms with van der Waals surface area (Å²) in [5.74, 6) is 0. The van der Waals surface area contributed by atoms with E-state index in [1.54, 1.807) is 0 Å². The Kier molecular flexibility index (Phi) is 11.5. The molecular weight excluding hydrogens is 141 g/mol. The van der Waals surface area contributed by atoms with Crippen LogP contribution in [0, 0.1) is 0 Å². The van der Waals surface area contributed by atoms with Crippen LogP contribution in [-0.2, 0) is 15.2 Å². The average molecular weight is 149 g/mol. The van der Waals surface area contributed by atoms with Crippen molar-refractivity contribution in [2.75, 3.05) is 13.2 Å². The first-order valence-electron chi connectivity index (χ1n) is 1.74. The van der Waals surface area contributed by atoms with Crippen molar-refractivity contribution in [2.24, 2.45) is 5.73 Å². The second-order valence-electron chi connectivity index (χ2n) is 0.846. The monoisotopic (exact) mass is 149 g/mol. The normalized spacial score (nSPS) is 8.75. The summed E-state index contributed by atoms with van der Waals surface area (Å²) in [5.41, 5.74) is 4.88. The summed E-state index contributed by atoms with van der Waals surface area (Å²) in [5, 5.41) is 0.